The Morgan fingerprint density at radius 1 is 1.37 bits per heavy atom. The standard InChI is InChI=1S/C13H14N2O4/c1-8-2-4-9(5-3-8)15-12(17)10(6-7-16)11(14-15)13(18)19/h2-5,10,16H,6-7H2,1H3,(H,18,19)/t10-/m0/s1. The minimum atomic E-state index is -1.23. The van der Waals surface area contributed by atoms with Crippen LogP contribution >= 0.6 is 0 Å². The maximum atomic E-state index is 12.1. The van der Waals surface area contributed by atoms with Crippen LogP contribution in [0.15, 0.2) is 29.4 Å². The van der Waals surface area contributed by atoms with Crippen molar-refractivity contribution in [1.82, 2.24) is 0 Å². The van der Waals surface area contributed by atoms with Gasteiger partial charge in [-0.05, 0) is 25.5 Å². The molecule has 1 aliphatic rings. The first kappa shape index (κ1) is 13.2. The summed E-state index contributed by atoms with van der Waals surface area (Å²) in [5.41, 5.74) is 1.33. The Morgan fingerprint density at radius 2 is 2.00 bits per heavy atom. The normalized spacial score (nSPS) is 18.6. The molecule has 0 unspecified atom stereocenters. The molecule has 0 saturated heterocycles. The second kappa shape index (κ2) is 5.19. The maximum Gasteiger partial charge on any atom is 0.352 e. The molecule has 2 rings (SSSR count). The van der Waals surface area contributed by atoms with E-state index in [-0.39, 0.29) is 18.7 Å². The molecule has 1 atom stereocenters. The van der Waals surface area contributed by atoms with Crippen LogP contribution in [-0.4, -0.2) is 34.4 Å². The molecule has 0 aromatic heterocycles. The molecule has 1 aromatic rings. The fraction of sp³-hybridized carbons (Fsp3) is 0.308. The highest BCUT2D eigenvalue weighted by atomic mass is 16.4. The number of carbonyl (C=O) groups is 2. The van der Waals surface area contributed by atoms with Crippen molar-refractivity contribution in [3.8, 4) is 0 Å². The fourth-order valence-electron chi connectivity index (χ4n) is 1.94. The number of carbonyl (C=O) groups excluding carboxylic acids is 1. The predicted octanol–water partition coefficient (Wildman–Crippen LogP) is 0.781. The van der Waals surface area contributed by atoms with Gasteiger partial charge in [-0.15, -0.1) is 0 Å². The average Bonchev–Trinajstić information content (AvgIpc) is 2.69. The van der Waals surface area contributed by atoms with Gasteiger partial charge in [-0.3, -0.25) is 4.79 Å². The Balaban J connectivity index is 2.34. The number of aliphatic hydroxyl groups is 1. The topological polar surface area (TPSA) is 90.2 Å². The largest absolute Gasteiger partial charge is 0.477 e. The molecule has 0 spiro atoms. The number of hydrogen-bond acceptors (Lipinski definition) is 4. The zero-order valence-electron chi connectivity index (χ0n) is 10.4. The van der Waals surface area contributed by atoms with Gasteiger partial charge in [-0.25, -0.2) is 4.79 Å². The highest BCUT2D eigenvalue weighted by molar-refractivity contribution is 6.43. The second-order valence-electron chi connectivity index (χ2n) is 4.34. The van der Waals surface area contributed by atoms with Gasteiger partial charge in [0.05, 0.1) is 11.6 Å². The number of amides is 1. The summed E-state index contributed by atoms with van der Waals surface area (Å²) in [5.74, 6) is -2.54. The average molecular weight is 262 g/mol. The minimum Gasteiger partial charge on any atom is -0.477 e. The number of anilines is 1. The number of aryl methyl sites for hydroxylation is 1. The van der Waals surface area contributed by atoms with Crippen LogP contribution in [0.5, 0.6) is 0 Å². The lowest BCUT2D eigenvalue weighted by molar-refractivity contribution is -0.130. The van der Waals surface area contributed by atoms with E-state index in [1.165, 1.54) is 0 Å². The van der Waals surface area contributed by atoms with Crippen LogP contribution < -0.4 is 5.01 Å². The zero-order chi connectivity index (χ0) is 14.0. The molecule has 1 aliphatic heterocycles. The highest BCUT2D eigenvalue weighted by Gasteiger charge is 2.39. The van der Waals surface area contributed by atoms with E-state index in [9.17, 15) is 9.59 Å². The lowest BCUT2D eigenvalue weighted by Crippen LogP contribution is -2.30. The summed E-state index contributed by atoms with van der Waals surface area (Å²) in [6, 6.07) is 7.05. The van der Waals surface area contributed by atoms with E-state index in [1.807, 2.05) is 19.1 Å². The molecule has 1 amide bonds. The fourth-order valence-corrected chi connectivity index (χ4v) is 1.94. The van der Waals surface area contributed by atoms with Crippen molar-refractivity contribution in [1.29, 1.82) is 0 Å². The number of hydrogen-bond donors (Lipinski definition) is 2. The molecule has 6 heteroatoms. The predicted molar refractivity (Wildman–Crippen MR) is 68.9 cm³/mol. The number of aliphatic carboxylic acids is 1. The molecule has 0 fully saturated rings. The summed E-state index contributed by atoms with van der Waals surface area (Å²) in [6.45, 7) is 1.65. The first-order valence-electron chi connectivity index (χ1n) is 5.88. The second-order valence-corrected chi connectivity index (χ2v) is 4.34. The van der Waals surface area contributed by atoms with Crippen LogP contribution in [0.3, 0.4) is 0 Å². The van der Waals surface area contributed by atoms with Crippen molar-refractivity contribution >= 4 is 23.3 Å². The summed E-state index contributed by atoms with van der Waals surface area (Å²) in [6.07, 6.45) is 0.0618. The van der Waals surface area contributed by atoms with Crippen molar-refractivity contribution in [2.45, 2.75) is 13.3 Å². The molecule has 1 aromatic carbocycles. The maximum absolute atomic E-state index is 12.1. The first-order valence-corrected chi connectivity index (χ1v) is 5.88. The molecule has 0 bridgehead atoms. The van der Waals surface area contributed by atoms with Gasteiger partial charge in [0.2, 0.25) is 0 Å². The number of carboxylic acid groups (broad SMARTS) is 1. The van der Waals surface area contributed by atoms with E-state index >= 15 is 0 Å². The van der Waals surface area contributed by atoms with E-state index in [2.05, 4.69) is 5.10 Å². The Bertz CT molecular complexity index is 536. The Labute approximate surface area is 110 Å². The highest BCUT2D eigenvalue weighted by Crippen LogP contribution is 2.26. The van der Waals surface area contributed by atoms with Crippen molar-refractivity contribution in [3.63, 3.8) is 0 Å². The van der Waals surface area contributed by atoms with Gasteiger partial charge in [0.25, 0.3) is 5.91 Å². The molecule has 2 N–H and O–H groups in total. The van der Waals surface area contributed by atoms with Crippen molar-refractivity contribution in [2.24, 2.45) is 11.0 Å². The van der Waals surface area contributed by atoms with Gasteiger partial charge in [0.1, 0.15) is 0 Å². The van der Waals surface area contributed by atoms with Crippen LogP contribution in [0.25, 0.3) is 0 Å². The summed E-state index contributed by atoms with van der Waals surface area (Å²) in [4.78, 5) is 23.2. The van der Waals surface area contributed by atoms with Gasteiger partial charge < -0.3 is 10.2 Å². The van der Waals surface area contributed by atoms with Gasteiger partial charge >= 0.3 is 5.97 Å². The summed E-state index contributed by atoms with van der Waals surface area (Å²) in [7, 11) is 0. The monoisotopic (exact) mass is 262 g/mol. The number of rotatable bonds is 4. The molecular weight excluding hydrogens is 248 g/mol. The molecule has 1 heterocycles. The van der Waals surface area contributed by atoms with Crippen LogP contribution in [-0.2, 0) is 9.59 Å². The van der Waals surface area contributed by atoms with Gasteiger partial charge in [0.15, 0.2) is 5.71 Å². The molecule has 0 saturated carbocycles. The number of hydrazone groups is 1. The molecule has 6 nitrogen and oxygen atoms in total. The smallest absolute Gasteiger partial charge is 0.352 e. The van der Waals surface area contributed by atoms with E-state index < -0.39 is 17.8 Å². The van der Waals surface area contributed by atoms with E-state index in [1.54, 1.807) is 12.1 Å². The SMILES string of the molecule is Cc1ccc(N2N=C(C(=O)O)[C@H](CCO)C2=O)cc1. The minimum absolute atomic E-state index is 0.0618. The molecular formula is C13H14N2O4. The van der Waals surface area contributed by atoms with Crippen molar-refractivity contribution in [2.75, 3.05) is 11.6 Å². The molecule has 0 radical (unpaired) electrons. The quantitative estimate of drug-likeness (QED) is 0.839. The van der Waals surface area contributed by atoms with E-state index in [4.69, 9.17) is 10.2 Å². The van der Waals surface area contributed by atoms with Gasteiger partial charge in [-0.1, -0.05) is 17.7 Å². The summed E-state index contributed by atoms with van der Waals surface area (Å²) < 4.78 is 0. The van der Waals surface area contributed by atoms with Crippen LogP contribution in [0.1, 0.15) is 12.0 Å². The van der Waals surface area contributed by atoms with Crippen molar-refractivity contribution in [3.05, 3.63) is 29.8 Å². The third-order valence-corrected chi connectivity index (χ3v) is 2.96. The first-order chi connectivity index (χ1) is 9.04. The van der Waals surface area contributed by atoms with Gasteiger partial charge in [-0.2, -0.15) is 10.1 Å². The molecule has 100 valence electrons. The van der Waals surface area contributed by atoms with Crippen molar-refractivity contribution < 1.29 is 19.8 Å². The molecule has 19 heavy (non-hydrogen) atoms. The lowest BCUT2D eigenvalue weighted by Gasteiger charge is -2.13. The lowest BCUT2D eigenvalue weighted by atomic mass is 10.00. The third-order valence-electron chi connectivity index (χ3n) is 2.96. The Morgan fingerprint density at radius 3 is 2.53 bits per heavy atom. The number of nitrogens with zero attached hydrogens (tertiary/aromatic N) is 2. The molecule has 0 aliphatic carbocycles. The van der Waals surface area contributed by atoms with Crippen LogP contribution in [0.4, 0.5) is 5.69 Å². The van der Waals surface area contributed by atoms with Crippen LogP contribution in [0.2, 0.25) is 0 Å². The zero-order valence-corrected chi connectivity index (χ0v) is 10.4. The number of carboxylic acids is 1. The van der Waals surface area contributed by atoms with E-state index in [0.717, 1.165) is 10.6 Å². The van der Waals surface area contributed by atoms with Gasteiger partial charge in [0, 0.05) is 6.61 Å². The van der Waals surface area contributed by atoms with Crippen LogP contribution in [0, 0.1) is 12.8 Å². The Kier molecular flexibility index (Phi) is 3.62. The van der Waals surface area contributed by atoms with E-state index in [0.29, 0.717) is 5.69 Å². The summed E-state index contributed by atoms with van der Waals surface area (Å²) in [5, 5.41) is 22.9. The number of aliphatic hydroxyl groups excluding tert-OH is 1. The Hall–Kier alpha value is -2.21. The summed E-state index contributed by atoms with van der Waals surface area (Å²) >= 11 is 0. The third kappa shape index (κ3) is 2.48. The number of benzene rings is 1.